The SMILES string of the molecule is CC[C@@H](NC(=O)COc1ccccc1)c1ccc(C)cc1C. The molecule has 0 bridgehead atoms. The van der Waals surface area contributed by atoms with Crippen LogP contribution in [0.15, 0.2) is 48.5 Å². The van der Waals surface area contributed by atoms with Crippen molar-refractivity contribution in [3.05, 3.63) is 65.2 Å². The van der Waals surface area contributed by atoms with Crippen molar-refractivity contribution < 1.29 is 9.53 Å². The van der Waals surface area contributed by atoms with Gasteiger partial charge in [-0.05, 0) is 43.5 Å². The third kappa shape index (κ3) is 4.35. The highest BCUT2D eigenvalue weighted by atomic mass is 16.5. The number of benzene rings is 2. The molecule has 1 amide bonds. The zero-order valence-electron chi connectivity index (χ0n) is 13.4. The third-order valence-corrected chi connectivity index (χ3v) is 3.66. The van der Waals surface area contributed by atoms with Crippen LogP contribution in [0.2, 0.25) is 0 Å². The molecule has 0 spiro atoms. The van der Waals surface area contributed by atoms with Crippen molar-refractivity contribution in [3.8, 4) is 5.75 Å². The molecule has 3 heteroatoms. The molecule has 0 saturated heterocycles. The Balaban J connectivity index is 1.96. The Morgan fingerprint density at radius 1 is 1.14 bits per heavy atom. The molecular formula is C19H23NO2. The quantitative estimate of drug-likeness (QED) is 0.876. The fraction of sp³-hybridized carbons (Fsp3) is 0.316. The molecule has 0 aromatic heterocycles. The van der Waals surface area contributed by atoms with Crippen molar-refractivity contribution in [2.45, 2.75) is 33.2 Å². The second kappa shape index (κ2) is 7.64. The lowest BCUT2D eigenvalue weighted by molar-refractivity contribution is -0.123. The molecule has 0 aliphatic carbocycles. The molecule has 1 N–H and O–H groups in total. The second-order valence-electron chi connectivity index (χ2n) is 5.49. The number of ether oxygens (including phenoxy) is 1. The normalized spacial score (nSPS) is 11.8. The minimum atomic E-state index is -0.101. The molecular weight excluding hydrogens is 274 g/mol. The average molecular weight is 297 g/mol. The first kappa shape index (κ1) is 16.1. The van der Waals surface area contributed by atoms with Crippen molar-refractivity contribution in [2.75, 3.05) is 6.61 Å². The van der Waals surface area contributed by atoms with Crippen LogP contribution in [0.25, 0.3) is 0 Å². The van der Waals surface area contributed by atoms with Crippen LogP contribution in [0.4, 0.5) is 0 Å². The Hall–Kier alpha value is -2.29. The van der Waals surface area contributed by atoms with Gasteiger partial charge < -0.3 is 10.1 Å². The predicted octanol–water partition coefficient (Wildman–Crippen LogP) is 3.95. The van der Waals surface area contributed by atoms with Gasteiger partial charge in [-0.1, -0.05) is 48.9 Å². The topological polar surface area (TPSA) is 38.3 Å². The molecule has 0 heterocycles. The van der Waals surface area contributed by atoms with E-state index < -0.39 is 0 Å². The molecule has 0 radical (unpaired) electrons. The Labute approximate surface area is 132 Å². The van der Waals surface area contributed by atoms with Crippen LogP contribution < -0.4 is 10.1 Å². The zero-order valence-corrected chi connectivity index (χ0v) is 13.4. The summed E-state index contributed by atoms with van der Waals surface area (Å²) >= 11 is 0. The van der Waals surface area contributed by atoms with Crippen LogP contribution >= 0.6 is 0 Å². The molecule has 22 heavy (non-hydrogen) atoms. The highest BCUT2D eigenvalue weighted by Crippen LogP contribution is 2.21. The molecule has 0 aliphatic heterocycles. The summed E-state index contributed by atoms with van der Waals surface area (Å²) in [5, 5.41) is 3.05. The molecule has 2 aromatic rings. The van der Waals surface area contributed by atoms with Gasteiger partial charge in [-0.2, -0.15) is 0 Å². The first-order valence-corrected chi connectivity index (χ1v) is 7.64. The van der Waals surface area contributed by atoms with Crippen LogP contribution in [-0.4, -0.2) is 12.5 Å². The molecule has 2 rings (SSSR count). The van der Waals surface area contributed by atoms with Gasteiger partial charge in [0.2, 0.25) is 0 Å². The summed E-state index contributed by atoms with van der Waals surface area (Å²) in [7, 11) is 0. The second-order valence-corrected chi connectivity index (χ2v) is 5.49. The molecule has 1 atom stereocenters. The molecule has 2 aromatic carbocycles. The molecule has 0 aliphatic rings. The molecule has 0 saturated carbocycles. The van der Waals surface area contributed by atoms with Crippen LogP contribution in [-0.2, 0) is 4.79 Å². The van der Waals surface area contributed by atoms with Gasteiger partial charge in [0.25, 0.3) is 5.91 Å². The van der Waals surface area contributed by atoms with Crippen LogP contribution in [0.5, 0.6) is 5.75 Å². The lowest BCUT2D eigenvalue weighted by Gasteiger charge is -2.20. The average Bonchev–Trinajstić information content (AvgIpc) is 2.52. The van der Waals surface area contributed by atoms with Gasteiger partial charge >= 0.3 is 0 Å². The van der Waals surface area contributed by atoms with Gasteiger partial charge in [0.15, 0.2) is 6.61 Å². The first-order valence-electron chi connectivity index (χ1n) is 7.64. The van der Waals surface area contributed by atoms with E-state index in [1.165, 1.54) is 16.7 Å². The van der Waals surface area contributed by atoms with E-state index in [2.05, 4.69) is 44.3 Å². The summed E-state index contributed by atoms with van der Waals surface area (Å²) in [5.41, 5.74) is 3.60. The standard InChI is InChI=1S/C19H23NO2/c1-4-18(17-11-10-14(2)12-15(17)3)20-19(21)13-22-16-8-6-5-7-9-16/h5-12,18H,4,13H2,1-3H3,(H,20,21)/t18-/m1/s1. The van der Waals surface area contributed by atoms with Crippen molar-refractivity contribution in [1.29, 1.82) is 0 Å². The zero-order chi connectivity index (χ0) is 15.9. The number of rotatable bonds is 6. The van der Waals surface area contributed by atoms with Crippen LogP contribution in [0, 0.1) is 13.8 Å². The maximum atomic E-state index is 12.1. The minimum Gasteiger partial charge on any atom is -0.484 e. The molecule has 0 fully saturated rings. The fourth-order valence-electron chi connectivity index (χ4n) is 2.52. The fourth-order valence-corrected chi connectivity index (χ4v) is 2.52. The predicted molar refractivity (Wildman–Crippen MR) is 89.0 cm³/mol. The summed E-state index contributed by atoms with van der Waals surface area (Å²) in [6.07, 6.45) is 0.848. The van der Waals surface area contributed by atoms with Crippen molar-refractivity contribution in [1.82, 2.24) is 5.32 Å². The van der Waals surface area contributed by atoms with Gasteiger partial charge in [-0.25, -0.2) is 0 Å². The van der Waals surface area contributed by atoms with Gasteiger partial charge in [-0.15, -0.1) is 0 Å². The number of hydrogen-bond acceptors (Lipinski definition) is 2. The monoisotopic (exact) mass is 297 g/mol. The summed E-state index contributed by atoms with van der Waals surface area (Å²) in [6.45, 7) is 6.26. The van der Waals surface area contributed by atoms with E-state index in [9.17, 15) is 4.79 Å². The summed E-state index contributed by atoms with van der Waals surface area (Å²) in [4.78, 5) is 12.1. The lowest BCUT2D eigenvalue weighted by atomic mass is 9.97. The molecule has 0 unspecified atom stereocenters. The van der Waals surface area contributed by atoms with E-state index in [4.69, 9.17) is 4.74 Å². The number of carbonyl (C=O) groups is 1. The largest absolute Gasteiger partial charge is 0.484 e. The molecule has 116 valence electrons. The number of hydrogen-bond donors (Lipinski definition) is 1. The Morgan fingerprint density at radius 2 is 1.86 bits per heavy atom. The van der Waals surface area contributed by atoms with Gasteiger partial charge in [0.1, 0.15) is 5.75 Å². The maximum Gasteiger partial charge on any atom is 0.258 e. The van der Waals surface area contributed by atoms with Gasteiger partial charge in [0.05, 0.1) is 6.04 Å². The first-order chi connectivity index (χ1) is 10.6. The van der Waals surface area contributed by atoms with Crippen LogP contribution in [0.1, 0.15) is 36.1 Å². The van der Waals surface area contributed by atoms with E-state index in [0.717, 1.165) is 6.42 Å². The van der Waals surface area contributed by atoms with Crippen molar-refractivity contribution in [2.24, 2.45) is 0 Å². The van der Waals surface area contributed by atoms with Gasteiger partial charge in [0, 0.05) is 0 Å². The van der Waals surface area contributed by atoms with E-state index in [0.29, 0.717) is 5.75 Å². The highest BCUT2D eigenvalue weighted by Gasteiger charge is 2.15. The number of para-hydroxylation sites is 1. The van der Waals surface area contributed by atoms with Crippen molar-refractivity contribution >= 4 is 5.91 Å². The Kier molecular flexibility index (Phi) is 5.59. The summed E-state index contributed by atoms with van der Waals surface area (Å²) < 4.78 is 5.49. The smallest absolute Gasteiger partial charge is 0.258 e. The van der Waals surface area contributed by atoms with Gasteiger partial charge in [-0.3, -0.25) is 4.79 Å². The summed E-state index contributed by atoms with van der Waals surface area (Å²) in [6, 6.07) is 15.7. The van der Waals surface area contributed by atoms with Crippen molar-refractivity contribution in [3.63, 3.8) is 0 Å². The Bertz CT molecular complexity index is 623. The minimum absolute atomic E-state index is 0.0208. The highest BCUT2D eigenvalue weighted by molar-refractivity contribution is 5.78. The maximum absolute atomic E-state index is 12.1. The third-order valence-electron chi connectivity index (χ3n) is 3.66. The number of amides is 1. The van der Waals surface area contributed by atoms with Crippen LogP contribution in [0.3, 0.4) is 0 Å². The van der Waals surface area contributed by atoms with E-state index >= 15 is 0 Å². The summed E-state index contributed by atoms with van der Waals surface area (Å²) in [5.74, 6) is 0.605. The van der Waals surface area contributed by atoms with E-state index in [1.807, 2.05) is 30.3 Å². The number of aryl methyl sites for hydroxylation is 2. The Morgan fingerprint density at radius 3 is 2.50 bits per heavy atom. The lowest BCUT2D eigenvalue weighted by Crippen LogP contribution is -2.32. The van der Waals surface area contributed by atoms with E-state index in [-0.39, 0.29) is 18.6 Å². The van der Waals surface area contributed by atoms with E-state index in [1.54, 1.807) is 0 Å². The number of nitrogens with one attached hydrogen (secondary N) is 1. The molecule has 3 nitrogen and oxygen atoms in total. The number of carbonyl (C=O) groups excluding carboxylic acids is 1.